The lowest BCUT2D eigenvalue weighted by molar-refractivity contribution is 0.0369. The van der Waals surface area contributed by atoms with Crippen molar-refractivity contribution in [3.8, 4) is 0 Å². The zero-order valence-corrected chi connectivity index (χ0v) is 21.2. The molecule has 192 valence electrons. The molecule has 1 aromatic heterocycles. The first-order chi connectivity index (χ1) is 17.5. The topological polar surface area (TPSA) is 63.7 Å². The molecule has 0 spiro atoms. The van der Waals surface area contributed by atoms with Gasteiger partial charge in [0.05, 0.1) is 24.3 Å². The Bertz CT molecular complexity index is 1210. The van der Waals surface area contributed by atoms with Gasteiger partial charge in [-0.25, -0.2) is 4.39 Å². The molecule has 3 aromatic rings. The first kappa shape index (κ1) is 24.9. The van der Waals surface area contributed by atoms with Crippen LogP contribution in [0, 0.1) is 12.7 Å². The minimum atomic E-state index is -0.174. The average molecular weight is 493 g/mol. The SMILES string of the molecule is Cc1cccc2c(C(=O)N3CCC(c4cc(CN)ccc4F)CC3)cn(CCCN3CCOCC3)c12. The van der Waals surface area contributed by atoms with E-state index < -0.39 is 0 Å². The van der Waals surface area contributed by atoms with Crippen molar-refractivity contribution in [2.24, 2.45) is 5.73 Å². The molecule has 2 N–H and O–H groups in total. The van der Waals surface area contributed by atoms with Gasteiger partial charge in [-0.2, -0.15) is 0 Å². The number of nitrogens with zero attached hydrogens (tertiary/aromatic N) is 3. The Labute approximate surface area is 212 Å². The maximum Gasteiger partial charge on any atom is 0.256 e. The van der Waals surface area contributed by atoms with Gasteiger partial charge >= 0.3 is 0 Å². The van der Waals surface area contributed by atoms with Gasteiger partial charge in [0.15, 0.2) is 0 Å². The van der Waals surface area contributed by atoms with Crippen molar-refractivity contribution in [1.29, 1.82) is 0 Å². The third kappa shape index (κ3) is 5.19. The maximum absolute atomic E-state index is 14.5. The number of para-hydroxylation sites is 1. The predicted molar refractivity (Wildman–Crippen MR) is 141 cm³/mol. The Balaban J connectivity index is 1.29. The lowest BCUT2D eigenvalue weighted by Gasteiger charge is -2.32. The summed E-state index contributed by atoms with van der Waals surface area (Å²) >= 11 is 0. The van der Waals surface area contributed by atoms with Gasteiger partial charge < -0.3 is 19.9 Å². The summed E-state index contributed by atoms with van der Waals surface area (Å²) < 4.78 is 22.2. The number of piperidine rings is 1. The van der Waals surface area contributed by atoms with Gasteiger partial charge in [-0.1, -0.05) is 30.3 Å². The number of likely N-dealkylation sites (tertiary alicyclic amines) is 1. The van der Waals surface area contributed by atoms with Gasteiger partial charge in [0.1, 0.15) is 5.82 Å². The molecular formula is C29H37FN4O2. The van der Waals surface area contributed by atoms with E-state index in [0.29, 0.717) is 19.6 Å². The van der Waals surface area contributed by atoms with Crippen LogP contribution in [0.15, 0.2) is 42.6 Å². The number of benzene rings is 2. The van der Waals surface area contributed by atoms with Crippen molar-refractivity contribution in [2.75, 3.05) is 45.9 Å². The summed E-state index contributed by atoms with van der Waals surface area (Å²) in [6, 6.07) is 11.4. The summed E-state index contributed by atoms with van der Waals surface area (Å²) in [7, 11) is 0. The number of nitrogens with two attached hydrogens (primary N) is 1. The highest BCUT2D eigenvalue weighted by Gasteiger charge is 2.28. The molecule has 2 fully saturated rings. The molecule has 2 aromatic carbocycles. The van der Waals surface area contributed by atoms with Gasteiger partial charge in [0.25, 0.3) is 5.91 Å². The third-order valence-corrected chi connectivity index (χ3v) is 7.83. The molecule has 6 nitrogen and oxygen atoms in total. The number of hydrogen-bond donors (Lipinski definition) is 1. The Kier molecular flexibility index (Phi) is 7.70. The molecule has 0 bridgehead atoms. The highest BCUT2D eigenvalue weighted by atomic mass is 19.1. The fraction of sp³-hybridized carbons (Fsp3) is 0.483. The van der Waals surface area contributed by atoms with Crippen molar-refractivity contribution >= 4 is 16.8 Å². The molecule has 1 amide bonds. The molecule has 0 unspecified atom stereocenters. The number of carbonyl (C=O) groups excluding carboxylic acids is 1. The molecule has 7 heteroatoms. The van der Waals surface area contributed by atoms with Crippen LogP contribution >= 0.6 is 0 Å². The van der Waals surface area contributed by atoms with E-state index >= 15 is 0 Å². The van der Waals surface area contributed by atoms with E-state index in [1.807, 2.05) is 17.0 Å². The fourth-order valence-corrected chi connectivity index (χ4v) is 5.78. The fourth-order valence-electron chi connectivity index (χ4n) is 5.78. The van der Waals surface area contributed by atoms with Crippen LogP contribution in [-0.2, 0) is 17.8 Å². The van der Waals surface area contributed by atoms with Crippen molar-refractivity contribution in [2.45, 2.75) is 45.2 Å². The zero-order chi connectivity index (χ0) is 25.1. The van der Waals surface area contributed by atoms with Crippen LogP contribution < -0.4 is 5.73 Å². The van der Waals surface area contributed by atoms with Gasteiger partial charge in [-0.3, -0.25) is 9.69 Å². The van der Waals surface area contributed by atoms with E-state index in [4.69, 9.17) is 10.5 Å². The summed E-state index contributed by atoms with van der Waals surface area (Å²) in [5.74, 6) is 0.0177. The van der Waals surface area contributed by atoms with Crippen LogP contribution in [0.5, 0.6) is 0 Å². The van der Waals surface area contributed by atoms with E-state index in [1.54, 1.807) is 6.07 Å². The molecule has 0 radical (unpaired) electrons. The molecular weight excluding hydrogens is 455 g/mol. The number of halogens is 1. The smallest absolute Gasteiger partial charge is 0.256 e. The first-order valence-electron chi connectivity index (χ1n) is 13.2. The second kappa shape index (κ2) is 11.1. The molecule has 3 heterocycles. The lowest BCUT2D eigenvalue weighted by atomic mass is 9.88. The Hall–Kier alpha value is -2.74. The second-order valence-electron chi connectivity index (χ2n) is 10.1. The van der Waals surface area contributed by atoms with Crippen molar-refractivity contribution in [3.63, 3.8) is 0 Å². The monoisotopic (exact) mass is 492 g/mol. The number of rotatable bonds is 7. The summed E-state index contributed by atoms with van der Waals surface area (Å²) in [4.78, 5) is 18.1. The number of aromatic nitrogens is 1. The quantitative estimate of drug-likeness (QED) is 0.535. The van der Waals surface area contributed by atoms with Crippen molar-refractivity contribution in [3.05, 3.63) is 70.7 Å². The normalized spacial score (nSPS) is 17.7. The van der Waals surface area contributed by atoms with Crippen LogP contribution in [0.2, 0.25) is 0 Å². The number of hydrogen-bond acceptors (Lipinski definition) is 4. The van der Waals surface area contributed by atoms with Gasteiger partial charge in [-0.15, -0.1) is 0 Å². The maximum atomic E-state index is 14.5. The molecule has 0 saturated carbocycles. The summed E-state index contributed by atoms with van der Waals surface area (Å²) in [6.07, 6.45) is 4.60. The summed E-state index contributed by atoms with van der Waals surface area (Å²) in [5.41, 5.74) is 10.6. The van der Waals surface area contributed by atoms with Crippen LogP contribution in [0.25, 0.3) is 10.9 Å². The molecule has 2 saturated heterocycles. The van der Waals surface area contributed by atoms with Gasteiger partial charge in [0, 0.05) is 57.4 Å². The Morgan fingerprint density at radius 3 is 2.61 bits per heavy atom. The summed E-state index contributed by atoms with van der Waals surface area (Å²) in [5, 5.41) is 1.02. The van der Waals surface area contributed by atoms with E-state index in [-0.39, 0.29) is 17.6 Å². The van der Waals surface area contributed by atoms with Crippen LogP contribution in [0.1, 0.15) is 52.2 Å². The number of fused-ring (bicyclic) bond motifs is 1. The predicted octanol–water partition coefficient (Wildman–Crippen LogP) is 4.29. The van der Waals surface area contributed by atoms with Crippen molar-refractivity contribution in [1.82, 2.24) is 14.4 Å². The van der Waals surface area contributed by atoms with E-state index in [9.17, 15) is 9.18 Å². The summed E-state index contributed by atoms with van der Waals surface area (Å²) in [6.45, 7) is 9.30. The highest BCUT2D eigenvalue weighted by molar-refractivity contribution is 6.07. The minimum absolute atomic E-state index is 0.0761. The highest BCUT2D eigenvalue weighted by Crippen LogP contribution is 2.32. The molecule has 2 aliphatic heterocycles. The van der Waals surface area contributed by atoms with Gasteiger partial charge in [0.2, 0.25) is 0 Å². The first-order valence-corrected chi connectivity index (χ1v) is 13.2. The molecule has 5 rings (SSSR count). The molecule has 0 atom stereocenters. The standard InChI is InChI=1S/C29H37FN4O2/c1-21-4-2-5-24-26(20-34(28(21)24)11-3-10-32-14-16-36-17-15-32)29(35)33-12-8-23(9-13-33)25-18-22(19-31)6-7-27(25)30/h2,4-7,18,20,23H,3,8-17,19,31H2,1H3. The molecule has 0 aliphatic carbocycles. The number of aryl methyl sites for hydroxylation is 2. The van der Waals surface area contributed by atoms with E-state index in [0.717, 1.165) is 86.2 Å². The number of morpholine rings is 1. The van der Waals surface area contributed by atoms with E-state index in [2.05, 4.69) is 34.7 Å². The zero-order valence-electron chi connectivity index (χ0n) is 21.2. The van der Waals surface area contributed by atoms with Crippen LogP contribution in [0.4, 0.5) is 4.39 Å². The van der Waals surface area contributed by atoms with Gasteiger partial charge in [-0.05, 0) is 54.9 Å². The molecule has 2 aliphatic rings. The minimum Gasteiger partial charge on any atom is -0.379 e. The van der Waals surface area contributed by atoms with Crippen LogP contribution in [0.3, 0.4) is 0 Å². The van der Waals surface area contributed by atoms with Crippen LogP contribution in [-0.4, -0.2) is 66.2 Å². The second-order valence-corrected chi connectivity index (χ2v) is 10.1. The van der Waals surface area contributed by atoms with Crippen molar-refractivity contribution < 1.29 is 13.9 Å². The average Bonchev–Trinajstić information content (AvgIpc) is 3.29. The third-order valence-electron chi connectivity index (χ3n) is 7.83. The number of carbonyl (C=O) groups is 1. The number of amides is 1. The van der Waals surface area contributed by atoms with E-state index in [1.165, 1.54) is 11.6 Å². The number of ether oxygens (including phenoxy) is 1. The Morgan fingerprint density at radius 1 is 1.08 bits per heavy atom. The largest absolute Gasteiger partial charge is 0.379 e. The Morgan fingerprint density at radius 2 is 1.86 bits per heavy atom. The molecule has 36 heavy (non-hydrogen) atoms. The lowest BCUT2D eigenvalue weighted by Crippen LogP contribution is -2.38.